The fraction of sp³-hybridized carbons (Fsp3) is 0.154. The highest BCUT2D eigenvalue weighted by atomic mass is 79.9. The monoisotopic (exact) mass is 443 g/mol. The first-order valence-corrected chi connectivity index (χ1v) is 10.7. The zero-order valence-corrected chi connectivity index (χ0v) is 18.0. The summed E-state index contributed by atoms with van der Waals surface area (Å²) in [6.07, 6.45) is -0.192. The highest BCUT2D eigenvalue weighted by molar-refractivity contribution is 9.10. The summed E-state index contributed by atoms with van der Waals surface area (Å²) in [4.78, 5) is 0. The molecule has 1 N–H and O–H groups in total. The smallest absolute Gasteiger partial charge is 0.177 e. The van der Waals surface area contributed by atoms with Crippen molar-refractivity contribution < 1.29 is 4.74 Å². The zero-order chi connectivity index (χ0) is 20.0. The number of hydrogen-bond donors (Lipinski definition) is 1. The molecule has 0 amide bonds. The van der Waals surface area contributed by atoms with E-state index >= 15 is 0 Å². The van der Waals surface area contributed by atoms with E-state index in [0.29, 0.717) is 0 Å². The van der Waals surface area contributed by atoms with Gasteiger partial charge >= 0.3 is 0 Å². The molecule has 0 aliphatic carbocycles. The lowest BCUT2D eigenvalue weighted by atomic mass is 9.90. The fourth-order valence-corrected chi connectivity index (χ4v) is 4.41. The number of benzene rings is 4. The Kier molecular flexibility index (Phi) is 4.65. The van der Waals surface area contributed by atoms with Crippen LogP contribution in [0.25, 0.3) is 10.8 Å². The Morgan fingerprint density at radius 2 is 1.41 bits per heavy atom. The number of halogens is 1. The summed E-state index contributed by atoms with van der Waals surface area (Å²) >= 11 is 3.60. The van der Waals surface area contributed by atoms with E-state index in [2.05, 4.69) is 114 Å². The number of nitrogens with one attached hydrogen (secondary N) is 1. The molecule has 0 aromatic heterocycles. The van der Waals surface area contributed by atoms with Crippen LogP contribution in [0.15, 0.2) is 83.3 Å². The molecule has 5 rings (SSSR count). The van der Waals surface area contributed by atoms with Gasteiger partial charge in [-0.2, -0.15) is 0 Å². The molecule has 1 aliphatic heterocycles. The molecule has 2 atom stereocenters. The minimum atomic E-state index is -0.192. The molecule has 144 valence electrons. The molecule has 0 fully saturated rings. The molecule has 3 heteroatoms. The summed E-state index contributed by atoms with van der Waals surface area (Å²) in [5.74, 6) is 0.940. The standard InChI is InChI=1S/C26H22BrNO/c1-16-3-7-18(8-4-16)25-24-22-13-12-21(27)15-20(22)11-14-23(24)29-26(28-25)19-9-5-17(2)6-10-19/h3-15,25-26,28H,1-2H3/t25-,26-/m1/s1. The average Bonchev–Trinajstić information content (AvgIpc) is 2.73. The van der Waals surface area contributed by atoms with Crippen LogP contribution in [0, 0.1) is 13.8 Å². The molecule has 0 radical (unpaired) electrons. The molecular formula is C26H22BrNO. The Hall–Kier alpha value is -2.62. The number of rotatable bonds is 2. The first kappa shape index (κ1) is 18.4. The van der Waals surface area contributed by atoms with Gasteiger partial charge in [0.2, 0.25) is 0 Å². The third-order valence-corrected chi connectivity index (χ3v) is 6.12. The maximum atomic E-state index is 6.45. The predicted molar refractivity (Wildman–Crippen MR) is 122 cm³/mol. The predicted octanol–water partition coefficient (Wildman–Crippen LogP) is 6.99. The van der Waals surface area contributed by atoms with E-state index in [1.54, 1.807) is 0 Å². The normalized spacial score (nSPS) is 18.3. The van der Waals surface area contributed by atoms with E-state index in [1.807, 2.05) is 0 Å². The van der Waals surface area contributed by atoms with E-state index in [1.165, 1.54) is 33.0 Å². The summed E-state index contributed by atoms with van der Waals surface area (Å²) in [5.41, 5.74) is 6.08. The molecule has 0 saturated heterocycles. The summed E-state index contributed by atoms with van der Waals surface area (Å²) in [7, 11) is 0. The van der Waals surface area contributed by atoms with Crippen molar-refractivity contribution in [1.29, 1.82) is 0 Å². The van der Waals surface area contributed by atoms with Crippen LogP contribution in [-0.2, 0) is 0 Å². The fourth-order valence-electron chi connectivity index (χ4n) is 4.03. The molecule has 4 aromatic rings. The Labute approximate surface area is 179 Å². The first-order chi connectivity index (χ1) is 14.1. The van der Waals surface area contributed by atoms with Crippen molar-refractivity contribution in [3.05, 3.63) is 111 Å². The van der Waals surface area contributed by atoms with Gasteiger partial charge in [-0.15, -0.1) is 0 Å². The van der Waals surface area contributed by atoms with Crippen molar-refractivity contribution in [2.75, 3.05) is 0 Å². The van der Waals surface area contributed by atoms with Crippen molar-refractivity contribution in [3.8, 4) is 5.75 Å². The maximum absolute atomic E-state index is 6.45. The van der Waals surface area contributed by atoms with Gasteiger partial charge in [0.25, 0.3) is 0 Å². The molecule has 0 spiro atoms. The molecule has 1 heterocycles. The zero-order valence-electron chi connectivity index (χ0n) is 16.4. The maximum Gasteiger partial charge on any atom is 0.177 e. The van der Waals surface area contributed by atoms with Crippen molar-refractivity contribution >= 4 is 26.7 Å². The van der Waals surface area contributed by atoms with Crippen LogP contribution in [0.5, 0.6) is 5.75 Å². The van der Waals surface area contributed by atoms with Gasteiger partial charge in [0.1, 0.15) is 5.75 Å². The highest BCUT2D eigenvalue weighted by Crippen LogP contribution is 2.43. The molecule has 4 aromatic carbocycles. The quantitative estimate of drug-likeness (QED) is 0.360. The van der Waals surface area contributed by atoms with Crippen molar-refractivity contribution in [2.45, 2.75) is 26.1 Å². The third kappa shape index (κ3) is 3.45. The van der Waals surface area contributed by atoms with Gasteiger partial charge in [-0.3, -0.25) is 5.32 Å². The van der Waals surface area contributed by atoms with Gasteiger partial charge < -0.3 is 4.74 Å². The molecule has 1 aliphatic rings. The van der Waals surface area contributed by atoms with Crippen LogP contribution in [0.4, 0.5) is 0 Å². The largest absolute Gasteiger partial charge is 0.471 e. The van der Waals surface area contributed by atoms with Crippen LogP contribution in [-0.4, -0.2) is 0 Å². The SMILES string of the molecule is Cc1ccc([C@H]2N[C@@H](c3ccc(C)cc3)Oc3ccc4cc(Br)ccc4c32)cc1. The van der Waals surface area contributed by atoms with Crippen molar-refractivity contribution in [1.82, 2.24) is 5.32 Å². The van der Waals surface area contributed by atoms with Crippen LogP contribution in [0.2, 0.25) is 0 Å². The second-order valence-electron chi connectivity index (χ2n) is 7.76. The Bertz CT molecular complexity index is 1180. The van der Waals surface area contributed by atoms with Crippen LogP contribution in [0.3, 0.4) is 0 Å². The lowest BCUT2D eigenvalue weighted by molar-refractivity contribution is 0.134. The number of ether oxygens (including phenoxy) is 1. The Morgan fingerprint density at radius 1 is 0.759 bits per heavy atom. The number of aryl methyl sites for hydroxylation is 2. The minimum Gasteiger partial charge on any atom is -0.471 e. The second-order valence-corrected chi connectivity index (χ2v) is 8.68. The van der Waals surface area contributed by atoms with E-state index in [0.717, 1.165) is 15.8 Å². The average molecular weight is 444 g/mol. The minimum absolute atomic E-state index is 0.0514. The van der Waals surface area contributed by atoms with Crippen molar-refractivity contribution in [3.63, 3.8) is 0 Å². The molecule has 0 bridgehead atoms. The van der Waals surface area contributed by atoms with Gasteiger partial charge in [-0.1, -0.05) is 87.7 Å². The van der Waals surface area contributed by atoms with Gasteiger partial charge in [-0.25, -0.2) is 0 Å². The molecule has 29 heavy (non-hydrogen) atoms. The van der Waals surface area contributed by atoms with Crippen molar-refractivity contribution in [2.24, 2.45) is 0 Å². The van der Waals surface area contributed by atoms with Crippen LogP contribution >= 0.6 is 15.9 Å². The van der Waals surface area contributed by atoms with Crippen LogP contribution in [0.1, 0.15) is 40.1 Å². The van der Waals surface area contributed by atoms with Gasteiger partial charge in [0.15, 0.2) is 6.23 Å². The second kappa shape index (κ2) is 7.33. The third-order valence-electron chi connectivity index (χ3n) is 5.63. The highest BCUT2D eigenvalue weighted by Gasteiger charge is 2.31. The summed E-state index contributed by atoms with van der Waals surface area (Å²) in [6.45, 7) is 4.23. The van der Waals surface area contributed by atoms with Gasteiger partial charge in [-0.05, 0) is 48.4 Å². The molecule has 0 unspecified atom stereocenters. The lowest BCUT2D eigenvalue weighted by Gasteiger charge is -2.35. The number of hydrogen-bond acceptors (Lipinski definition) is 2. The summed E-state index contributed by atoms with van der Waals surface area (Å²) < 4.78 is 7.53. The van der Waals surface area contributed by atoms with Gasteiger partial charge in [0, 0.05) is 15.6 Å². The van der Waals surface area contributed by atoms with E-state index in [9.17, 15) is 0 Å². The van der Waals surface area contributed by atoms with Gasteiger partial charge in [0.05, 0.1) is 6.04 Å². The molecule has 2 nitrogen and oxygen atoms in total. The Balaban J connectivity index is 1.68. The number of fused-ring (bicyclic) bond motifs is 3. The summed E-state index contributed by atoms with van der Waals surface area (Å²) in [5, 5.41) is 6.17. The lowest BCUT2D eigenvalue weighted by Crippen LogP contribution is -2.35. The topological polar surface area (TPSA) is 21.3 Å². The van der Waals surface area contributed by atoms with E-state index in [4.69, 9.17) is 4.74 Å². The van der Waals surface area contributed by atoms with Crippen LogP contribution < -0.4 is 10.1 Å². The summed E-state index contributed by atoms with van der Waals surface area (Å²) in [6, 6.07) is 28.1. The van der Waals surface area contributed by atoms with E-state index < -0.39 is 0 Å². The van der Waals surface area contributed by atoms with E-state index in [-0.39, 0.29) is 12.3 Å². The Morgan fingerprint density at radius 3 is 2.10 bits per heavy atom. The first-order valence-electron chi connectivity index (χ1n) is 9.86. The molecular weight excluding hydrogens is 422 g/mol. The molecule has 0 saturated carbocycles.